The molecule has 0 saturated carbocycles. The van der Waals surface area contributed by atoms with E-state index < -0.39 is 0 Å². The second-order valence-electron chi connectivity index (χ2n) is 7.21. The third-order valence-corrected chi connectivity index (χ3v) is 5.03. The molecule has 152 valence electrons. The molecule has 1 heterocycles. The van der Waals surface area contributed by atoms with Gasteiger partial charge in [0.1, 0.15) is 0 Å². The Balaban J connectivity index is 1.57. The molecule has 0 bridgehead atoms. The maximum Gasteiger partial charge on any atom is 0.261 e. The van der Waals surface area contributed by atoms with Gasteiger partial charge in [0.2, 0.25) is 5.91 Å². The number of amides is 3. The lowest BCUT2D eigenvalue weighted by Gasteiger charge is -2.23. The Bertz CT molecular complexity index is 895. The van der Waals surface area contributed by atoms with Crippen LogP contribution in [0.3, 0.4) is 0 Å². The number of carbonyl (C=O) groups is 3. The van der Waals surface area contributed by atoms with Gasteiger partial charge in [-0.2, -0.15) is 0 Å². The minimum Gasteiger partial charge on any atom is -0.383 e. The van der Waals surface area contributed by atoms with Gasteiger partial charge in [-0.05, 0) is 31.0 Å². The van der Waals surface area contributed by atoms with E-state index in [1.54, 1.807) is 24.1 Å². The molecule has 0 unspecified atom stereocenters. The number of hydrogen-bond acceptors (Lipinski definition) is 4. The number of fused-ring (bicyclic) bond motifs is 1. The van der Waals surface area contributed by atoms with Crippen molar-refractivity contribution < 1.29 is 19.1 Å². The van der Waals surface area contributed by atoms with Crippen LogP contribution in [0, 0.1) is 6.92 Å². The zero-order valence-electron chi connectivity index (χ0n) is 16.9. The van der Waals surface area contributed by atoms with Gasteiger partial charge in [0, 0.05) is 33.2 Å². The lowest BCUT2D eigenvalue weighted by Crippen LogP contribution is -2.35. The van der Waals surface area contributed by atoms with Crippen molar-refractivity contribution in [2.45, 2.75) is 26.3 Å². The Kier molecular flexibility index (Phi) is 6.77. The molecule has 3 amide bonds. The first-order valence-electron chi connectivity index (χ1n) is 9.78. The van der Waals surface area contributed by atoms with Crippen molar-refractivity contribution in [1.29, 1.82) is 0 Å². The SMILES string of the molecule is COCCN(Cc1ccccc1)C(=O)CCCN1C(=O)c2ccc(C)cc2C1=O. The third-order valence-electron chi connectivity index (χ3n) is 5.03. The van der Waals surface area contributed by atoms with Gasteiger partial charge in [-0.15, -0.1) is 0 Å². The van der Waals surface area contributed by atoms with Crippen LogP contribution >= 0.6 is 0 Å². The molecule has 0 saturated heterocycles. The summed E-state index contributed by atoms with van der Waals surface area (Å²) in [5.74, 6) is -0.571. The molecule has 6 heteroatoms. The number of rotatable bonds is 9. The highest BCUT2D eigenvalue weighted by Gasteiger charge is 2.35. The highest BCUT2D eigenvalue weighted by molar-refractivity contribution is 6.21. The number of hydrogen-bond donors (Lipinski definition) is 0. The van der Waals surface area contributed by atoms with E-state index in [2.05, 4.69) is 0 Å². The predicted molar refractivity (Wildman–Crippen MR) is 110 cm³/mol. The molecule has 1 aliphatic heterocycles. The second-order valence-corrected chi connectivity index (χ2v) is 7.21. The number of benzene rings is 2. The molecular formula is C23H26N2O4. The van der Waals surface area contributed by atoms with Gasteiger partial charge < -0.3 is 9.64 Å². The average Bonchev–Trinajstić information content (AvgIpc) is 2.96. The number of aryl methyl sites for hydroxylation is 1. The molecule has 0 radical (unpaired) electrons. The highest BCUT2D eigenvalue weighted by atomic mass is 16.5. The molecule has 2 aromatic carbocycles. The average molecular weight is 394 g/mol. The van der Waals surface area contributed by atoms with Crippen LogP contribution in [0.1, 0.15) is 44.7 Å². The monoisotopic (exact) mass is 394 g/mol. The Morgan fingerprint density at radius 2 is 1.76 bits per heavy atom. The number of ether oxygens (including phenoxy) is 1. The topological polar surface area (TPSA) is 66.9 Å². The molecule has 6 nitrogen and oxygen atoms in total. The molecule has 1 aliphatic rings. The van der Waals surface area contributed by atoms with Crippen LogP contribution in [0.15, 0.2) is 48.5 Å². The minimum atomic E-state index is -0.280. The summed E-state index contributed by atoms with van der Waals surface area (Å²) in [7, 11) is 1.61. The van der Waals surface area contributed by atoms with Gasteiger partial charge in [-0.1, -0.05) is 42.0 Å². The molecule has 0 spiro atoms. The molecule has 29 heavy (non-hydrogen) atoms. The van der Waals surface area contributed by atoms with E-state index in [0.717, 1.165) is 11.1 Å². The molecule has 3 rings (SSSR count). The zero-order valence-corrected chi connectivity index (χ0v) is 16.9. The van der Waals surface area contributed by atoms with Crippen LogP contribution in [0.25, 0.3) is 0 Å². The fraction of sp³-hybridized carbons (Fsp3) is 0.348. The predicted octanol–water partition coefficient (Wildman–Crippen LogP) is 3.05. The Hall–Kier alpha value is -2.99. The smallest absolute Gasteiger partial charge is 0.261 e. The van der Waals surface area contributed by atoms with Crippen molar-refractivity contribution >= 4 is 17.7 Å². The van der Waals surface area contributed by atoms with Gasteiger partial charge in [-0.25, -0.2) is 0 Å². The zero-order chi connectivity index (χ0) is 20.8. The van der Waals surface area contributed by atoms with Crippen LogP contribution in [0.5, 0.6) is 0 Å². The van der Waals surface area contributed by atoms with Crippen molar-refractivity contribution in [3.05, 3.63) is 70.8 Å². The lowest BCUT2D eigenvalue weighted by molar-refractivity contribution is -0.132. The summed E-state index contributed by atoms with van der Waals surface area (Å²) < 4.78 is 5.13. The molecule has 0 N–H and O–H groups in total. The van der Waals surface area contributed by atoms with Crippen LogP contribution in [0.4, 0.5) is 0 Å². The molecule has 0 atom stereocenters. The number of nitrogens with zero attached hydrogens (tertiary/aromatic N) is 2. The normalized spacial score (nSPS) is 13.0. The van der Waals surface area contributed by atoms with Gasteiger partial charge in [0.15, 0.2) is 0 Å². The summed E-state index contributed by atoms with van der Waals surface area (Å²) >= 11 is 0. The summed E-state index contributed by atoms with van der Waals surface area (Å²) in [6.45, 7) is 3.59. The first-order valence-corrected chi connectivity index (χ1v) is 9.78. The standard InChI is InChI=1S/C23H26N2O4/c1-17-10-11-19-20(15-17)23(28)25(22(19)27)12-6-9-21(26)24(13-14-29-2)16-18-7-4-3-5-8-18/h3-5,7-8,10-11,15H,6,9,12-14,16H2,1-2H3. The van der Waals surface area contributed by atoms with Crippen molar-refractivity contribution in [1.82, 2.24) is 9.80 Å². The lowest BCUT2D eigenvalue weighted by atomic mass is 10.1. The fourth-order valence-corrected chi connectivity index (χ4v) is 3.45. The van der Waals surface area contributed by atoms with E-state index in [1.807, 2.05) is 43.3 Å². The quantitative estimate of drug-likeness (QED) is 0.613. The van der Waals surface area contributed by atoms with Crippen molar-refractivity contribution in [3.8, 4) is 0 Å². The van der Waals surface area contributed by atoms with Crippen LogP contribution in [-0.4, -0.2) is 54.3 Å². The summed E-state index contributed by atoms with van der Waals surface area (Å²) in [6, 6.07) is 15.1. The Morgan fingerprint density at radius 3 is 2.48 bits per heavy atom. The maximum atomic E-state index is 12.7. The van der Waals surface area contributed by atoms with Gasteiger partial charge in [0.25, 0.3) is 11.8 Å². The first kappa shape index (κ1) is 20.7. The van der Waals surface area contributed by atoms with E-state index in [9.17, 15) is 14.4 Å². The van der Waals surface area contributed by atoms with Gasteiger partial charge in [-0.3, -0.25) is 19.3 Å². The van der Waals surface area contributed by atoms with Gasteiger partial charge in [0.05, 0.1) is 17.7 Å². The number of methoxy groups -OCH3 is 1. The highest BCUT2D eigenvalue weighted by Crippen LogP contribution is 2.24. The molecule has 0 fully saturated rings. The van der Waals surface area contributed by atoms with Gasteiger partial charge >= 0.3 is 0 Å². The Labute approximate surface area is 171 Å². The number of carbonyl (C=O) groups excluding carboxylic acids is 3. The first-order chi connectivity index (χ1) is 14.0. The van der Waals surface area contributed by atoms with E-state index >= 15 is 0 Å². The van der Waals surface area contributed by atoms with Crippen LogP contribution < -0.4 is 0 Å². The van der Waals surface area contributed by atoms with Crippen LogP contribution in [-0.2, 0) is 16.1 Å². The Morgan fingerprint density at radius 1 is 1.03 bits per heavy atom. The van der Waals surface area contributed by atoms with Crippen molar-refractivity contribution in [2.24, 2.45) is 0 Å². The number of imide groups is 1. The summed E-state index contributed by atoms with van der Waals surface area (Å²) in [5.41, 5.74) is 2.88. The van der Waals surface area contributed by atoms with E-state index in [-0.39, 0.29) is 30.7 Å². The maximum absolute atomic E-state index is 12.7. The molecule has 0 aromatic heterocycles. The summed E-state index contributed by atoms with van der Waals surface area (Å²) in [4.78, 5) is 40.8. The van der Waals surface area contributed by atoms with Crippen LogP contribution in [0.2, 0.25) is 0 Å². The third kappa shape index (κ3) is 4.90. The summed E-state index contributed by atoms with van der Waals surface area (Å²) in [5, 5.41) is 0. The summed E-state index contributed by atoms with van der Waals surface area (Å²) in [6.07, 6.45) is 0.699. The molecular weight excluding hydrogens is 368 g/mol. The largest absolute Gasteiger partial charge is 0.383 e. The minimum absolute atomic E-state index is 0.0154. The van der Waals surface area contributed by atoms with Crippen molar-refractivity contribution in [2.75, 3.05) is 26.8 Å². The van der Waals surface area contributed by atoms with Crippen molar-refractivity contribution in [3.63, 3.8) is 0 Å². The van der Waals surface area contributed by atoms with E-state index in [0.29, 0.717) is 37.2 Å². The fourth-order valence-electron chi connectivity index (χ4n) is 3.45. The molecule has 2 aromatic rings. The van der Waals surface area contributed by atoms with E-state index in [1.165, 1.54) is 4.90 Å². The van der Waals surface area contributed by atoms with E-state index in [4.69, 9.17) is 4.74 Å². The second kappa shape index (κ2) is 9.47. The molecule has 0 aliphatic carbocycles.